The van der Waals surface area contributed by atoms with Crippen LogP contribution in [0.15, 0.2) is 18.3 Å². The fraction of sp³-hybridized carbons (Fsp3) is 0.667. The summed E-state index contributed by atoms with van der Waals surface area (Å²) in [6.45, 7) is 4.71. The van der Waals surface area contributed by atoms with Crippen LogP contribution in [0, 0.1) is 0 Å². The van der Waals surface area contributed by atoms with Crippen molar-refractivity contribution in [1.29, 1.82) is 0 Å². The third kappa shape index (κ3) is 3.22. The molecule has 0 spiro atoms. The highest BCUT2D eigenvalue weighted by atomic mass is 16.5. The van der Waals surface area contributed by atoms with Gasteiger partial charge in [-0.25, -0.2) is 4.98 Å². The van der Waals surface area contributed by atoms with Gasteiger partial charge in [-0.15, -0.1) is 0 Å². The minimum atomic E-state index is 0.559. The second-order valence-corrected chi connectivity index (χ2v) is 5.03. The van der Waals surface area contributed by atoms with E-state index >= 15 is 0 Å². The first-order chi connectivity index (χ1) is 8.85. The maximum atomic E-state index is 5.12. The Morgan fingerprint density at radius 2 is 2.28 bits per heavy atom. The maximum absolute atomic E-state index is 5.12. The summed E-state index contributed by atoms with van der Waals surface area (Å²) in [6.07, 6.45) is 8.47. The average Bonchev–Trinajstić information content (AvgIpc) is 2.45. The van der Waals surface area contributed by atoms with Gasteiger partial charge >= 0.3 is 0 Å². The molecule has 0 radical (unpaired) electrons. The Hall–Kier alpha value is -1.09. The Morgan fingerprint density at radius 1 is 1.39 bits per heavy atom. The molecule has 18 heavy (non-hydrogen) atoms. The molecule has 2 heterocycles. The van der Waals surface area contributed by atoms with Crippen LogP contribution in [0.5, 0.6) is 5.88 Å². The second kappa shape index (κ2) is 6.74. The molecule has 0 N–H and O–H groups in total. The molecule has 1 atom stereocenters. The molecule has 2 rings (SSSR count). The summed E-state index contributed by atoms with van der Waals surface area (Å²) in [5.41, 5.74) is 1.34. The van der Waals surface area contributed by atoms with E-state index in [-0.39, 0.29) is 0 Å². The molecular formula is C15H24N2O. The zero-order valence-corrected chi connectivity index (χ0v) is 11.6. The summed E-state index contributed by atoms with van der Waals surface area (Å²) in [4.78, 5) is 6.96. The highest BCUT2D eigenvalue weighted by Crippen LogP contribution is 2.31. The van der Waals surface area contributed by atoms with Crippen LogP contribution in [0.1, 0.15) is 50.6 Å². The molecule has 1 saturated heterocycles. The predicted octanol–water partition coefficient (Wildman–Crippen LogP) is 3.42. The van der Waals surface area contributed by atoms with Gasteiger partial charge in [0.25, 0.3) is 0 Å². The van der Waals surface area contributed by atoms with Crippen LogP contribution < -0.4 is 4.74 Å². The average molecular weight is 248 g/mol. The van der Waals surface area contributed by atoms with E-state index in [0.717, 1.165) is 0 Å². The Labute approximate surface area is 110 Å². The Morgan fingerprint density at radius 3 is 2.94 bits per heavy atom. The van der Waals surface area contributed by atoms with Crippen molar-refractivity contribution in [2.75, 3.05) is 20.2 Å². The van der Waals surface area contributed by atoms with E-state index in [0.29, 0.717) is 11.9 Å². The van der Waals surface area contributed by atoms with Gasteiger partial charge in [0, 0.05) is 18.3 Å². The SMILES string of the molecule is CCCCN1CCCCC1c1ccc(OC)nc1. The summed E-state index contributed by atoms with van der Waals surface area (Å²) in [5.74, 6) is 0.703. The molecule has 100 valence electrons. The molecule has 3 nitrogen and oxygen atoms in total. The number of unbranched alkanes of at least 4 members (excludes halogenated alkanes) is 1. The molecule has 0 bridgehead atoms. The van der Waals surface area contributed by atoms with Gasteiger partial charge in [-0.1, -0.05) is 25.8 Å². The van der Waals surface area contributed by atoms with Gasteiger partial charge < -0.3 is 4.74 Å². The largest absolute Gasteiger partial charge is 0.481 e. The number of hydrogen-bond donors (Lipinski definition) is 0. The lowest BCUT2D eigenvalue weighted by Gasteiger charge is -2.35. The number of piperidine rings is 1. The molecule has 3 heteroatoms. The molecule has 1 aliphatic rings. The van der Waals surface area contributed by atoms with Gasteiger partial charge in [-0.3, -0.25) is 4.90 Å². The molecule has 0 aromatic carbocycles. The zero-order valence-electron chi connectivity index (χ0n) is 11.6. The van der Waals surface area contributed by atoms with E-state index in [2.05, 4.69) is 22.9 Å². The number of pyridine rings is 1. The molecule has 1 aromatic rings. The molecule has 1 aliphatic heterocycles. The van der Waals surface area contributed by atoms with Crippen LogP contribution in [0.4, 0.5) is 0 Å². The number of hydrogen-bond acceptors (Lipinski definition) is 3. The van der Waals surface area contributed by atoms with Crippen molar-refractivity contribution in [2.24, 2.45) is 0 Å². The number of aromatic nitrogens is 1. The van der Waals surface area contributed by atoms with Gasteiger partial charge in [0.15, 0.2) is 0 Å². The smallest absolute Gasteiger partial charge is 0.212 e. The second-order valence-electron chi connectivity index (χ2n) is 5.03. The van der Waals surface area contributed by atoms with Crippen molar-refractivity contribution in [2.45, 2.75) is 45.1 Å². The number of nitrogens with zero attached hydrogens (tertiary/aromatic N) is 2. The fourth-order valence-electron chi connectivity index (χ4n) is 2.71. The van der Waals surface area contributed by atoms with Gasteiger partial charge in [-0.05, 0) is 37.9 Å². The fourth-order valence-corrected chi connectivity index (χ4v) is 2.71. The van der Waals surface area contributed by atoms with Gasteiger partial charge in [0.2, 0.25) is 5.88 Å². The van der Waals surface area contributed by atoms with Crippen LogP contribution in [0.25, 0.3) is 0 Å². The molecule has 0 amide bonds. The Bertz CT molecular complexity index is 350. The minimum absolute atomic E-state index is 0.559. The van der Waals surface area contributed by atoms with Crippen LogP contribution in [-0.4, -0.2) is 30.1 Å². The summed E-state index contributed by atoms with van der Waals surface area (Å²) >= 11 is 0. The lowest BCUT2D eigenvalue weighted by Crippen LogP contribution is -2.34. The first kappa shape index (κ1) is 13.3. The van der Waals surface area contributed by atoms with Gasteiger partial charge in [-0.2, -0.15) is 0 Å². The molecule has 1 unspecified atom stereocenters. The van der Waals surface area contributed by atoms with E-state index in [9.17, 15) is 0 Å². The van der Waals surface area contributed by atoms with Crippen molar-refractivity contribution in [3.05, 3.63) is 23.9 Å². The Balaban J connectivity index is 2.06. The molecule has 1 fully saturated rings. The van der Waals surface area contributed by atoms with E-state index in [1.54, 1.807) is 7.11 Å². The molecule has 1 aromatic heterocycles. The third-order valence-corrected chi connectivity index (χ3v) is 3.77. The summed E-state index contributed by atoms with van der Waals surface area (Å²) < 4.78 is 5.12. The standard InChI is InChI=1S/C15H24N2O/c1-3-4-10-17-11-6-5-7-14(17)13-8-9-15(18-2)16-12-13/h8-9,12,14H,3-7,10-11H2,1-2H3. The van der Waals surface area contributed by atoms with E-state index in [4.69, 9.17) is 4.74 Å². The zero-order chi connectivity index (χ0) is 12.8. The molecular weight excluding hydrogens is 224 g/mol. The first-order valence-corrected chi connectivity index (χ1v) is 7.09. The number of rotatable bonds is 5. The van der Waals surface area contributed by atoms with E-state index in [1.165, 1.54) is 50.8 Å². The van der Waals surface area contributed by atoms with Crippen molar-refractivity contribution < 1.29 is 4.74 Å². The van der Waals surface area contributed by atoms with E-state index in [1.807, 2.05) is 12.3 Å². The van der Waals surface area contributed by atoms with Crippen molar-refractivity contribution >= 4 is 0 Å². The van der Waals surface area contributed by atoms with Crippen molar-refractivity contribution in [3.63, 3.8) is 0 Å². The van der Waals surface area contributed by atoms with Crippen LogP contribution in [0.2, 0.25) is 0 Å². The third-order valence-electron chi connectivity index (χ3n) is 3.77. The molecule has 0 aliphatic carbocycles. The summed E-state index contributed by atoms with van der Waals surface area (Å²) in [6, 6.07) is 4.70. The van der Waals surface area contributed by atoms with Gasteiger partial charge in [0.05, 0.1) is 7.11 Å². The van der Waals surface area contributed by atoms with Gasteiger partial charge in [0.1, 0.15) is 0 Å². The minimum Gasteiger partial charge on any atom is -0.481 e. The van der Waals surface area contributed by atoms with Crippen LogP contribution in [0.3, 0.4) is 0 Å². The Kier molecular flexibility index (Phi) is 5.00. The summed E-state index contributed by atoms with van der Waals surface area (Å²) in [5, 5.41) is 0. The first-order valence-electron chi connectivity index (χ1n) is 7.09. The van der Waals surface area contributed by atoms with Crippen molar-refractivity contribution in [1.82, 2.24) is 9.88 Å². The quantitative estimate of drug-likeness (QED) is 0.798. The normalized spacial score (nSPS) is 20.9. The molecule has 0 saturated carbocycles. The monoisotopic (exact) mass is 248 g/mol. The summed E-state index contributed by atoms with van der Waals surface area (Å²) in [7, 11) is 1.66. The van der Waals surface area contributed by atoms with E-state index < -0.39 is 0 Å². The lowest BCUT2D eigenvalue weighted by atomic mass is 9.96. The van der Waals surface area contributed by atoms with Crippen LogP contribution >= 0.6 is 0 Å². The lowest BCUT2D eigenvalue weighted by molar-refractivity contribution is 0.146. The number of methoxy groups -OCH3 is 1. The highest BCUT2D eigenvalue weighted by Gasteiger charge is 2.23. The van der Waals surface area contributed by atoms with Crippen molar-refractivity contribution in [3.8, 4) is 5.88 Å². The maximum Gasteiger partial charge on any atom is 0.212 e. The van der Waals surface area contributed by atoms with Crippen LogP contribution in [-0.2, 0) is 0 Å². The highest BCUT2D eigenvalue weighted by molar-refractivity contribution is 5.21. The predicted molar refractivity (Wildman–Crippen MR) is 73.9 cm³/mol. The number of ether oxygens (including phenoxy) is 1. The number of likely N-dealkylation sites (tertiary alicyclic amines) is 1. The topological polar surface area (TPSA) is 25.4 Å².